The fraction of sp³-hybridized carbons (Fsp3) is 0.778. The highest BCUT2D eigenvalue weighted by Gasteiger charge is 2.41. The van der Waals surface area contributed by atoms with E-state index in [9.17, 15) is 22.8 Å². The number of amides is 1. The Morgan fingerprint density at radius 3 is 2.31 bits per heavy atom. The number of hydrogen-bond acceptors (Lipinski definition) is 2. The molecule has 92 valence electrons. The number of ketones is 1. The summed E-state index contributed by atoms with van der Waals surface area (Å²) in [6.07, 6.45) is -2.95. The number of carbonyl (C=O) groups is 2. The van der Waals surface area contributed by atoms with Crippen molar-refractivity contribution in [3.63, 3.8) is 0 Å². The predicted octanol–water partition coefficient (Wildman–Crippen LogP) is 1.64. The highest BCUT2D eigenvalue weighted by atomic mass is 35.5. The second kappa shape index (κ2) is 5.03. The van der Waals surface area contributed by atoms with E-state index in [0.717, 1.165) is 12.8 Å². The molecule has 0 saturated heterocycles. The van der Waals surface area contributed by atoms with Gasteiger partial charge in [0, 0.05) is 0 Å². The summed E-state index contributed by atoms with van der Waals surface area (Å²) in [4.78, 5) is 21.9. The zero-order valence-corrected chi connectivity index (χ0v) is 9.07. The smallest absolute Gasteiger partial charge is 0.338 e. The molecule has 1 aliphatic carbocycles. The van der Waals surface area contributed by atoms with Crippen molar-refractivity contribution in [2.24, 2.45) is 5.92 Å². The largest absolute Gasteiger partial charge is 0.471 e. The second-order valence-corrected chi connectivity index (χ2v) is 4.07. The summed E-state index contributed by atoms with van der Waals surface area (Å²) in [6.45, 7) is 0. The fourth-order valence-electron chi connectivity index (χ4n) is 1.29. The van der Waals surface area contributed by atoms with Crippen LogP contribution in [0.25, 0.3) is 0 Å². The predicted molar refractivity (Wildman–Crippen MR) is 51.1 cm³/mol. The van der Waals surface area contributed by atoms with Gasteiger partial charge in [-0.25, -0.2) is 0 Å². The molecular formula is C9H11ClF3NO2. The van der Waals surface area contributed by atoms with E-state index >= 15 is 0 Å². The first-order chi connectivity index (χ1) is 7.34. The van der Waals surface area contributed by atoms with E-state index in [1.165, 1.54) is 0 Å². The van der Waals surface area contributed by atoms with Crippen LogP contribution < -0.4 is 5.32 Å². The zero-order valence-electron chi connectivity index (χ0n) is 8.31. The van der Waals surface area contributed by atoms with E-state index in [1.807, 2.05) is 0 Å². The minimum atomic E-state index is -4.96. The summed E-state index contributed by atoms with van der Waals surface area (Å²) in [5, 5.41) is 1.68. The second-order valence-electron chi connectivity index (χ2n) is 3.80. The Hall–Kier alpha value is -0.780. The zero-order chi connectivity index (χ0) is 12.3. The van der Waals surface area contributed by atoms with E-state index in [1.54, 1.807) is 5.32 Å². The SMILES string of the molecule is O=C(CCl)C(CC1CC1)NC(=O)C(F)(F)F. The summed E-state index contributed by atoms with van der Waals surface area (Å²) < 4.78 is 35.9. The maximum Gasteiger partial charge on any atom is 0.471 e. The Morgan fingerprint density at radius 1 is 1.38 bits per heavy atom. The molecule has 7 heteroatoms. The molecule has 0 radical (unpaired) electrons. The Bertz CT molecular complexity index is 289. The molecule has 1 atom stereocenters. The first-order valence-corrected chi connectivity index (χ1v) is 5.34. The highest BCUT2D eigenvalue weighted by Crippen LogP contribution is 2.34. The number of Topliss-reactive ketones (excluding diaryl/α,β-unsaturated/α-hetero) is 1. The third-order valence-electron chi connectivity index (χ3n) is 2.35. The van der Waals surface area contributed by atoms with E-state index in [4.69, 9.17) is 11.6 Å². The van der Waals surface area contributed by atoms with E-state index < -0.39 is 29.8 Å². The molecule has 1 N–H and O–H groups in total. The Kier molecular flexibility index (Phi) is 4.18. The van der Waals surface area contributed by atoms with Crippen LogP contribution in [0.2, 0.25) is 0 Å². The van der Waals surface area contributed by atoms with Gasteiger partial charge in [0.2, 0.25) is 0 Å². The molecule has 1 aliphatic rings. The van der Waals surface area contributed by atoms with Gasteiger partial charge < -0.3 is 5.32 Å². The quantitative estimate of drug-likeness (QED) is 0.761. The van der Waals surface area contributed by atoms with Gasteiger partial charge in [-0.05, 0) is 12.3 Å². The van der Waals surface area contributed by atoms with Crippen LogP contribution in [-0.4, -0.2) is 29.8 Å². The van der Waals surface area contributed by atoms with Gasteiger partial charge in [-0.3, -0.25) is 9.59 Å². The van der Waals surface area contributed by atoms with Gasteiger partial charge in [0.05, 0.1) is 11.9 Å². The lowest BCUT2D eigenvalue weighted by Crippen LogP contribution is -2.47. The summed E-state index contributed by atoms with van der Waals surface area (Å²) in [5.41, 5.74) is 0. The van der Waals surface area contributed by atoms with Crippen molar-refractivity contribution in [2.75, 3.05) is 5.88 Å². The van der Waals surface area contributed by atoms with E-state index in [0.29, 0.717) is 0 Å². The van der Waals surface area contributed by atoms with E-state index in [2.05, 4.69) is 0 Å². The number of hydrogen-bond donors (Lipinski definition) is 1. The molecule has 1 saturated carbocycles. The molecule has 1 fully saturated rings. The van der Waals surface area contributed by atoms with Crippen LogP contribution in [0.4, 0.5) is 13.2 Å². The topological polar surface area (TPSA) is 46.2 Å². The Balaban J connectivity index is 2.55. The molecule has 0 bridgehead atoms. The monoisotopic (exact) mass is 257 g/mol. The van der Waals surface area contributed by atoms with Gasteiger partial charge >= 0.3 is 12.1 Å². The molecule has 1 amide bonds. The van der Waals surface area contributed by atoms with Crippen LogP contribution in [0.3, 0.4) is 0 Å². The van der Waals surface area contributed by atoms with Crippen molar-refractivity contribution in [1.82, 2.24) is 5.32 Å². The van der Waals surface area contributed by atoms with Crippen molar-refractivity contribution in [3.05, 3.63) is 0 Å². The fourth-order valence-corrected chi connectivity index (χ4v) is 1.48. The maximum absolute atomic E-state index is 12.0. The normalized spacial score (nSPS) is 18.0. The summed E-state index contributed by atoms with van der Waals surface area (Å²) in [6, 6.07) is -1.11. The van der Waals surface area contributed by atoms with Gasteiger partial charge in [-0.2, -0.15) is 13.2 Å². The first kappa shape index (κ1) is 13.3. The summed E-state index contributed by atoms with van der Waals surface area (Å²) >= 11 is 5.27. The molecule has 16 heavy (non-hydrogen) atoms. The lowest BCUT2D eigenvalue weighted by molar-refractivity contribution is -0.174. The van der Waals surface area contributed by atoms with Crippen LogP contribution in [0.15, 0.2) is 0 Å². The third kappa shape index (κ3) is 4.00. The molecule has 0 aromatic rings. The lowest BCUT2D eigenvalue weighted by atomic mass is 10.1. The van der Waals surface area contributed by atoms with Crippen molar-refractivity contribution >= 4 is 23.3 Å². The van der Waals surface area contributed by atoms with Gasteiger partial charge in [0.25, 0.3) is 0 Å². The maximum atomic E-state index is 12.0. The molecule has 0 aromatic carbocycles. The molecular weight excluding hydrogens is 247 g/mol. The van der Waals surface area contributed by atoms with Crippen molar-refractivity contribution in [2.45, 2.75) is 31.5 Å². The lowest BCUT2D eigenvalue weighted by Gasteiger charge is -2.17. The van der Waals surface area contributed by atoms with Crippen LogP contribution in [0.1, 0.15) is 19.3 Å². The summed E-state index contributed by atoms with van der Waals surface area (Å²) in [7, 11) is 0. The number of carbonyl (C=O) groups excluding carboxylic acids is 2. The number of rotatable bonds is 5. The standard InChI is InChI=1S/C9H11ClF3NO2/c10-4-7(15)6(3-5-1-2-5)14-8(16)9(11,12)13/h5-6H,1-4H2,(H,14,16). The van der Waals surface area contributed by atoms with Gasteiger partial charge in [0.1, 0.15) is 0 Å². The minimum absolute atomic E-state index is 0.228. The van der Waals surface area contributed by atoms with Crippen LogP contribution in [-0.2, 0) is 9.59 Å². The molecule has 0 spiro atoms. The molecule has 1 unspecified atom stereocenters. The van der Waals surface area contributed by atoms with Crippen LogP contribution >= 0.6 is 11.6 Å². The van der Waals surface area contributed by atoms with Crippen LogP contribution in [0.5, 0.6) is 0 Å². The van der Waals surface area contributed by atoms with Crippen molar-refractivity contribution in [1.29, 1.82) is 0 Å². The van der Waals surface area contributed by atoms with Crippen molar-refractivity contribution < 1.29 is 22.8 Å². The summed E-state index contributed by atoms with van der Waals surface area (Å²) in [5.74, 6) is -2.83. The number of nitrogens with one attached hydrogen (secondary N) is 1. The Morgan fingerprint density at radius 2 is 1.94 bits per heavy atom. The molecule has 0 heterocycles. The molecule has 0 aromatic heterocycles. The average Bonchev–Trinajstić information content (AvgIpc) is 2.97. The third-order valence-corrected chi connectivity index (χ3v) is 2.61. The van der Waals surface area contributed by atoms with Gasteiger partial charge in [0.15, 0.2) is 5.78 Å². The van der Waals surface area contributed by atoms with Gasteiger partial charge in [-0.1, -0.05) is 12.8 Å². The van der Waals surface area contributed by atoms with E-state index in [-0.39, 0.29) is 12.3 Å². The highest BCUT2D eigenvalue weighted by molar-refractivity contribution is 6.28. The molecule has 0 aliphatic heterocycles. The molecule has 3 nitrogen and oxygen atoms in total. The first-order valence-electron chi connectivity index (χ1n) is 4.81. The average molecular weight is 258 g/mol. The van der Waals surface area contributed by atoms with Gasteiger partial charge in [-0.15, -0.1) is 11.6 Å². The van der Waals surface area contributed by atoms with Crippen molar-refractivity contribution in [3.8, 4) is 0 Å². The number of halogens is 4. The minimum Gasteiger partial charge on any atom is -0.338 e. The molecule has 1 rings (SSSR count). The Labute approximate surface area is 95.3 Å². The van der Waals surface area contributed by atoms with Crippen LogP contribution in [0, 0.1) is 5.92 Å². The number of alkyl halides is 4.